The van der Waals surface area contributed by atoms with Gasteiger partial charge in [0.05, 0.1) is 29.3 Å². The number of ether oxygens (including phenoxy) is 1. The average Bonchev–Trinajstić information content (AvgIpc) is 3.55. The van der Waals surface area contributed by atoms with E-state index < -0.39 is 0 Å². The number of anilines is 1. The fourth-order valence-corrected chi connectivity index (χ4v) is 4.62. The van der Waals surface area contributed by atoms with Crippen molar-refractivity contribution in [2.75, 3.05) is 32.1 Å². The largest absolute Gasteiger partial charge is 0.497 e. The molecular formula is C25H27N3O3S. The Morgan fingerprint density at radius 3 is 2.44 bits per heavy atom. The number of hydrogen-bond donors (Lipinski definition) is 2. The molecule has 1 aromatic heterocycles. The van der Waals surface area contributed by atoms with Crippen molar-refractivity contribution in [1.29, 1.82) is 0 Å². The monoisotopic (exact) mass is 449 g/mol. The molecule has 1 unspecified atom stereocenters. The van der Waals surface area contributed by atoms with E-state index in [1.165, 1.54) is 11.3 Å². The van der Waals surface area contributed by atoms with E-state index in [2.05, 4.69) is 27.7 Å². The fourth-order valence-electron chi connectivity index (χ4n) is 4.00. The van der Waals surface area contributed by atoms with Gasteiger partial charge in [0.25, 0.3) is 11.8 Å². The third kappa shape index (κ3) is 5.18. The van der Waals surface area contributed by atoms with Crippen molar-refractivity contribution in [3.8, 4) is 5.75 Å². The van der Waals surface area contributed by atoms with E-state index in [4.69, 9.17) is 4.74 Å². The minimum atomic E-state index is -0.214. The normalized spacial score (nSPS) is 14.7. The highest BCUT2D eigenvalue weighted by molar-refractivity contribution is 7.12. The maximum atomic E-state index is 13.1. The number of hydrogen-bond acceptors (Lipinski definition) is 5. The van der Waals surface area contributed by atoms with Crippen LogP contribution >= 0.6 is 11.3 Å². The van der Waals surface area contributed by atoms with Crippen LogP contribution in [0.4, 0.5) is 5.69 Å². The Kier molecular flexibility index (Phi) is 7.19. The first kappa shape index (κ1) is 22.0. The lowest BCUT2D eigenvalue weighted by molar-refractivity contribution is 0.0938. The van der Waals surface area contributed by atoms with Crippen LogP contribution in [0.5, 0.6) is 5.75 Å². The molecule has 0 saturated carbocycles. The summed E-state index contributed by atoms with van der Waals surface area (Å²) in [5.41, 5.74) is 2.10. The van der Waals surface area contributed by atoms with Gasteiger partial charge in [-0.2, -0.15) is 0 Å². The zero-order valence-electron chi connectivity index (χ0n) is 18.0. The smallest absolute Gasteiger partial charge is 0.265 e. The quantitative estimate of drug-likeness (QED) is 0.528. The van der Waals surface area contributed by atoms with Crippen LogP contribution in [-0.2, 0) is 0 Å². The molecule has 1 aliphatic heterocycles. The summed E-state index contributed by atoms with van der Waals surface area (Å²) in [6, 6.07) is 18.8. The summed E-state index contributed by atoms with van der Waals surface area (Å²) in [5, 5.41) is 7.81. The molecule has 6 nitrogen and oxygen atoms in total. The molecule has 7 heteroatoms. The van der Waals surface area contributed by atoms with E-state index >= 15 is 0 Å². The third-order valence-corrected chi connectivity index (χ3v) is 6.57. The van der Waals surface area contributed by atoms with E-state index in [0.29, 0.717) is 22.7 Å². The second-order valence-electron chi connectivity index (χ2n) is 7.72. The zero-order chi connectivity index (χ0) is 22.3. The molecule has 1 atom stereocenters. The summed E-state index contributed by atoms with van der Waals surface area (Å²) in [6.07, 6.45) is 2.33. The Morgan fingerprint density at radius 1 is 1.00 bits per heavy atom. The number of methoxy groups -OCH3 is 1. The van der Waals surface area contributed by atoms with Crippen molar-refractivity contribution in [2.24, 2.45) is 0 Å². The molecule has 1 fully saturated rings. The molecule has 2 amide bonds. The summed E-state index contributed by atoms with van der Waals surface area (Å²) in [4.78, 5) is 28.6. The first-order valence-corrected chi connectivity index (χ1v) is 11.6. The van der Waals surface area contributed by atoms with Crippen molar-refractivity contribution in [3.05, 3.63) is 82.0 Å². The summed E-state index contributed by atoms with van der Waals surface area (Å²) >= 11 is 1.37. The lowest BCUT2D eigenvalue weighted by Crippen LogP contribution is -2.37. The van der Waals surface area contributed by atoms with Gasteiger partial charge in [0.1, 0.15) is 5.75 Å². The van der Waals surface area contributed by atoms with Crippen LogP contribution in [-0.4, -0.2) is 43.5 Å². The summed E-state index contributed by atoms with van der Waals surface area (Å²) in [6.45, 7) is 2.51. The Hall–Kier alpha value is -3.16. The zero-order valence-corrected chi connectivity index (χ0v) is 18.9. The van der Waals surface area contributed by atoms with Crippen LogP contribution in [0, 0.1) is 0 Å². The lowest BCUT2D eigenvalue weighted by atomic mass is 10.0. The average molecular weight is 450 g/mol. The van der Waals surface area contributed by atoms with Crippen LogP contribution in [0.15, 0.2) is 66.0 Å². The number of carbonyl (C=O) groups excluding carboxylic acids is 2. The number of para-hydroxylation sites is 1. The molecular weight excluding hydrogens is 422 g/mol. The van der Waals surface area contributed by atoms with Crippen LogP contribution < -0.4 is 15.4 Å². The predicted octanol–water partition coefficient (Wildman–Crippen LogP) is 4.58. The topological polar surface area (TPSA) is 70.7 Å². The molecule has 1 saturated heterocycles. The first-order valence-electron chi connectivity index (χ1n) is 10.8. The van der Waals surface area contributed by atoms with Gasteiger partial charge in [-0.1, -0.05) is 30.3 Å². The number of nitrogens with one attached hydrogen (secondary N) is 2. The molecule has 0 radical (unpaired) electrons. The highest BCUT2D eigenvalue weighted by Gasteiger charge is 2.25. The molecule has 166 valence electrons. The van der Waals surface area contributed by atoms with Gasteiger partial charge in [0, 0.05) is 6.54 Å². The van der Waals surface area contributed by atoms with E-state index in [1.54, 1.807) is 31.4 Å². The Morgan fingerprint density at radius 2 is 1.75 bits per heavy atom. The van der Waals surface area contributed by atoms with Crippen molar-refractivity contribution in [1.82, 2.24) is 10.2 Å². The van der Waals surface area contributed by atoms with E-state index in [9.17, 15) is 9.59 Å². The van der Waals surface area contributed by atoms with Gasteiger partial charge in [-0.25, -0.2) is 0 Å². The van der Waals surface area contributed by atoms with Crippen LogP contribution in [0.2, 0.25) is 0 Å². The van der Waals surface area contributed by atoms with Crippen LogP contribution in [0.3, 0.4) is 0 Å². The highest BCUT2D eigenvalue weighted by Crippen LogP contribution is 2.26. The van der Waals surface area contributed by atoms with Gasteiger partial charge >= 0.3 is 0 Å². The lowest BCUT2D eigenvalue weighted by Gasteiger charge is -2.28. The molecule has 0 spiro atoms. The third-order valence-electron chi connectivity index (χ3n) is 5.70. The van der Waals surface area contributed by atoms with Crippen LogP contribution in [0.25, 0.3) is 0 Å². The maximum absolute atomic E-state index is 13.1. The first-order chi connectivity index (χ1) is 15.7. The van der Waals surface area contributed by atoms with Gasteiger partial charge < -0.3 is 15.4 Å². The molecule has 4 rings (SSSR count). The molecule has 32 heavy (non-hydrogen) atoms. The molecule has 0 bridgehead atoms. The predicted molar refractivity (Wildman–Crippen MR) is 128 cm³/mol. The number of benzene rings is 2. The van der Waals surface area contributed by atoms with Crippen molar-refractivity contribution in [3.63, 3.8) is 0 Å². The number of thiophene rings is 1. The van der Waals surface area contributed by atoms with E-state index in [0.717, 1.165) is 37.2 Å². The maximum Gasteiger partial charge on any atom is 0.265 e. The van der Waals surface area contributed by atoms with Crippen molar-refractivity contribution < 1.29 is 14.3 Å². The minimum absolute atomic E-state index is 0.0835. The van der Waals surface area contributed by atoms with E-state index in [1.807, 2.05) is 29.6 Å². The van der Waals surface area contributed by atoms with Gasteiger partial charge in [-0.3, -0.25) is 14.5 Å². The van der Waals surface area contributed by atoms with E-state index in [-0.39, 0.29) is 17.9 Å². The second-order valence-corrected chi connectivity index (χ2v) is 8.67. The van der Waals surface area contributed by atoms with Gasteiger partial charge in [-0.15, -0.1) is 11.3 Å². The van der Waals surface area contributed by atoms with Crippen LogP contribution in [0.1, 0.15) is 44.5 Å². The molecule has 2 aromatic carbocycles. The van der Waals surface area contributed by atoms with Crippen molar-refractivity contribution in [2.45, 2.75) is 18.9 Å². The molecule has 3 aromatic rings. The highest BCUT2D eigenvalue weighted by atomic mass is 32.1. The standard InChI is InChI=1S/C25H27N3O3S/c1-31-19-12-10-18(11-13-19)22(28-14-4-5-15-28)17-26-24(29)20-7-2-3-8-21(20)27-25(30)23-9-6-16-32-23/h2-3,6-13,16,22H,4-5,14-15,17H2,1H3,(H,26,29)(H,27,30). The molecule has 1 aliphatic rings. The number of carbonyl (C=O) groups is 2. The van der Waals surface area contributed by atoms with Gasteiger partial charge in [-0.05, 0) is 67.2 Å². The number of amides is 2. The Balaban J connectivity index is 1.48. The van der Waals surface area contributed by atoms with Gasteiger partial charge in [0.15, 0.2) is 0 Å². The number of likely N-dealkylation sites (tertiary alicyclic amines) is 1. The Labute approximate surface area is 192 Å². The minimum Gasteiger partial charge on any atom is -0.497 e. The summed E-state index contributed by atoms with van der Waals surface area (Å²) < 4.78 is 5.28. The summed E-state index contributed by atoms with van der Waals surface area (Å²) in [7, 11) is 1.65. The molecule has 2 heterocycles. The van der Waals surface area contributed by atoms with Gasteiger partial charge in [0.2, 0.25) is 0 Å². The summed E-state index contributed by atoms with van der Waals surface area (Å²) in [5.74, 6) is 0.395. The van der Waals surface area contributed by atoms with Crippen molar-refractivity contribution >= 4 is 28.8 Å². The Bertz CT molecular complexity index is 1040. The number of rotatable bonds is 8. The fraction of sp³-hybridized carbons (Fsp3) is 0.280. The molecule has 2 N–H and O–H groups in total. The second kappa shape index (κ2) is 10.4. The molecule has 0 aliphatic carbocycles. The number of nitrogens with zero attached hydrogens (tertiary/aromatic N) is 1. The SMILES string of the molecule is COc1ccc(C(CNC(=O)c2ccccc2NC(=O)c2cccs2)N2CCCC2)cc1.